The third-order valence-electron chi connectivity index (χ3n) is 4.93. The van der Waals surface area contributed by atoms with Crippen molar-refractivity contribution in [2.45, 2.75) is 52.2 Å². The van der Waals surface area contributed by atoms with Crippen LogP contribution in [0.15, 0.2) is 46.9 Å². The normalized spacial score (nSPS) is 12.7. The summed E-state index contributed by atoms with van der Waals surface area (Å²) in [4.78, 5) is 27.6. The van der Waals surface area contributed by atoms with Gasteiger partial charge in [-0.05, 0) is 49.6 Å². The highest BCUT2D eigenvalue weighted by Gasteiger charge is 2.30. The van der Waals surface area contributed by atoms with E-state index >= 15 is 0 Å². The Morgan fingerprint density at radius 3 is 2.42 bits per heavy atom. The van der Waals surface area contributed by atoms with E-state index in [9.17, 15) is 9.59 Å². The van der Waals surface area contributed by atoms with Crippen LogP contribution in [0.5, 0.6) is 5.75 Å². The lowest BCUT2D eigenvalue weighted by Crippen LogP contribution is -2.51. The van der Waals surface area contributed by atoms with Gasteiger partial charge in [0.15, 0.2) is 6.61 Å². The van der Waals surface area contributed by atoms with Crippen LogP contribution in [0.1, 0.15) is 39.2 Å². The number of carbonyl (C=O) groups excluding carboxylic acids is 2. The molecule has 5 nitrogen and oxygen atoms in total. The van der Waals surface area contributed by atoms with Crippen molar-refractivity contribution in [3.05, 3.63) is 62.5 Å². The first-order valence-corrected chi connectivity index (χ1v) is 11.7. The lowest BCUT2D eigenvalue weighted by atomic mass is 10.1. The van der Waals surface area contributed by atoms with Crippen LogP contribution in [-0.4, -0.2) is 35.4 Å². The van der Waals surface area contributed by atoms with Crippen LogP contribution in [0.2, 0.25) is 10.0 Å². The van der Waals surface area contributed by atoms with E-state index in [0.717, 1.165) is 16.5 Å². The van der Waals surface area contributed by atoms with Crippen LogP contribution in [0, 0.1) is 0 Å². The molecule has 2 rings (SSSR count). The van der Waals surface area contributed by atoms with Crippen LogP contribution in [0.4, 0.5) is 0 Å². The van der Waals surface area contributed by atoms with E-state index in [1.54, 1.807) is 24.3 Å². The first-order valence-electron chi connectivity index (χ1n) is 10.2. The quantitative estimate of drug-likeness (QED) is 0.419. The SMILES string of the molecule is CC[C@@H](C)NC(=O)[C@H](CC)N(Cc1ccccc1Cl)C(=O)COc1ccc(Br)cc1Cl. The van der Waals surface area contributed by atoms with Gasteiger partial charge in [-0.1, -0.05) is 71.2 Å². The zero-order valence-electron chi connectivity index (χ0n) is 17.8. The predicted molar refractivity (Wildman–Crippen MR) is 129 cm³/mol. The molecule has 2 atom stereocenters. The third-order valence-corrected chi connectivity index (χ3v) is 6.09. The molecule has 1 N–H and O–H groups in total. The molecule has 0 heterocycles. The fraction of sp³-hybridized carbons (Fsp3) is 0.391. The molecule has 2 aromatic carbocycles. The average molecular weight is 530 g/mol. The van der Waals surface area contributed by atoms with Crippen molar-refractivity contribution in [2.24, 2.45) is 0 Å². The molecule has 0 aromatic heterocycles. The third kappa shape index (κ3) is 7.41. The van der Waals surface area contributed by atoms with E-state index in [0.29, 0.717) is 22.2 Å². The van der Waals surface area contributed by atoms with Gasteiger partial charge in [0.25, 0.3) is 5.91 Å². The number of rotatable bonds is 10. The number of benzene rings is 2. The lowest BCUT2D eigenvalue weighted by Gasteiger charge is -2.31. The Morgan fingerprint density at radius 2 is 1.81 bits per heavy atom. The van der Waals surface area contributed by atoms with Gasteiger partial charge in [0.2, 0.25) is 5.91 Å². The van der Waals surface area contributed by atoms with Crippen molar-refractivity contribution in [3.63, 3.8) is 0 Å². The van der Waals surface area contributed by atoms with E-state index < -0.39 is 6.04 Å². The van der Waals surface area contributed by atoms with Crippen LogP contribution >= 0.6 is 39.1 Å². The first-order chi connectivity index (χ1) is 14.8. The minimum absolute atomic E-state index is 0.0108. The van der Waals surface area contributed by atoms with Crippen molar-refractivity contribution in [3.8, 4) is 5.75 Å². The van der Waals surface area contributed by atoms with Crippen LogP contribution in [0.3, 0.4) is 0 Å². The van der Waals surface area contributed by atoms with Gasteiger partial charge >= 0.3 is 0 Å². The molecule has 0 aliphatic heterocycles. The van der Waals surface area contributed by atoms with Gasteiger partial charge in [-0.2, -0.15) is 0 Å². The maximum atomic E-state index is 13.2. The fourth-order valence-corrected chi connectivity index (χ4v) is 3.91. The number of hydrogen-bond donors (Lipinski definition) is 1. The molecule has 0 saturated heterocycles. The highest BCUT2D eigenvalue weighted by atomic mass is 79.9. The molecule has 168 valence electrons. The van der Waals surface area contributed by atoms with Crippen molar-refractivity contribution in [1.29, 1.82) is 0 Å². The minimum atomic E-state index is -0.651. The number of nitrogens with zero attached hydrogens (tertiary/aromatic N) is 1. The molecule has 8 heteroatoms. The topological polar surface area (TPSA) is 58.6 Å². The summed E-state index contributed by atoms with van der Waals surface area (Å²) in [6, 6.07) is 11.8. The molecule has 0 fully saturated rings. The van der Waals surface area contributed by atoms with Crippen molar-refractivity contribution < 1.29 is 14.3 Å². The lowest BCUT2D eigenvalue weighted by molar-refractivity contribution is -0.143. The molecule has 2 aromatic rings. The van der Waals surface area contributed by atoms with Gasteiger partial charge in [0.1, 0.15) is 11.8 Å². The Kier molecular flexibility index (Phi) is 10.1. The zero-order chi connectivity index (χ0) is 23.0. The van der Waals surface area contributed by atoms with E-state index in [1.165, 1.54) is 4.90 Å². The summed E-state index contributed by atoms with van der Waals surface area (Å²) in [5.74, 6) is -0.128. The summed E-state index contributed by atoms with van der Waals surface area (Å²) in [5, 5.41) is 3.90. The molecular weight excluding hydrogens is 503 g/mol. The molecule has 0 bridgehead atoms. The highest BCUT2D eigenvalue weighted by molar-refractivity contribution is 9.10. The summed E-state index contributed by atoms with van der Waals surface area (Å²) in [6.45, 7) is 5.75. The van der Waals surface area contributed by atoms with E-state index in [-0.39, 0.29) is 31.0 Å². The summed E-state index contributed by atoms with van der Waals surface area (Å²) in [7, 11) is 0. The van der Waals surface area contributed by atoms with Crippen LogP contribution in [0.25, 0.3) is 0 Å². The van der Waals surface area contributed by atoms with Crippen molar-refractivity contribution >= 4 is 50.9 Å². The Morgan fingerprint density at radius 1 is 1.10 bits per heavy atom. The minimum Gasteiger partial charge on any atom is -0.482 e. The number of carbonyl (C=O) groups is 2. The molecule has 0 aliphatic carbocycles. The molecule has 0 unspecified atom stereocenters. The predicted octanol–water partition coefficient (Wildman–Crippen LogP) is 5.86. The maximum Gasteiger partial charge on any atom is 0.261 e. The monoisotopic (exact) mass is 528 g/mol. The van der Waals surface area contributed by atoms with Gasteiger partial charge < -0.3 is 15.0 Å². The van der Waals surface area contributed by atoms with Crippen molar-refractivity contribution in [2.75, 3.05) is 6.61 Å². The maximum absolute atomic E-state index is 13.2. The Hall–Kier alpha value is -1.76. The number of amides is 2. The number of ether oxygens (including phenoxy) is 1. The summed E-state index contributed by atoms with van der Waals surface area (Å²) < 4.78 is 6.48. The number of nitrogens with one attached hydrogen (secondary N) is 1. The second kappa shape index (κ2) is 12.3. The van der Waals surface area contributed by atoms with Gasteiger partial charge in [-0.25, -0.2) is 0 Å². The largest absolute Gasteiger partial charge is 0.482 e. The fourth-order valence-electron chi connectivity index (χ4n) is 2.99. The molecule has 0 radical (unpaired) electrons. The molecule has 0 saturated carbocycles. The Labute approximate surface area is 202 Å². The molecule has 31 heavy (non-hydrogen) atoms. The standard InChI is InChI=1S/C23H27BrCl2N2O3/c1-4-15(3)27-23(30)20(5-2)28(13-16-8-6-7-9-18(16)25)22(29)14-31-21-11-10-17(24)12-19(21)26/h6-12,15,20H,4-5,13-14H2,1-3H3,(H,27,30)/t15-,20+/m1/s1. The van der Waals surface area contributed by atoms with Gasteiger partial charge in [0, 0.05) is 22.1 Å². The molecule has 0 spiro atoms. The summed E-state index contributed by atoms with van der Waals surface area (Å²) in [6.07, 6.45) is 1.25. The van der Waals surface area contributed by atoms with Gasteiger partial charge in [-0.15, -0.1) is 0 Å². The van der Waals surface area contributed by atoms with E-state index in [2.05, 4.69) is 21.2 Å². The first kappa shape index (κ1) is 25.5. The second-order valence-electron chi connectivity index (χ2n) is 7.22. The van der Waals surface area contributed by atoms with E-state index in [1.807, 2.05) is 39.0 Å². The average Bonchev–Trinajstić information content (AvgIpc) is 2.74. The summed E-state index contributed by atoms with van der Waals surface area (Å²) >= 11 is 15.9. The second-order valence-corrected chi connectivity index (χ2v) is 8.95. The van der Waals surface area contributed by atoms with Gasteiger partial charge in [0.05, 0.1) is 5.02 Å². The van der Waals surface area contributed by atoms with Crippen LogP contribution in [-0.2, 0) is 16.1 Å². The Balaban J connectivity index is 2.25. The molecular formula is C23H27BrCl2N2O3. The van der Waals surface area contributed by atoms with Gasteiger partial charge in [-0.3, -0.25) is 9.59 Å². The van der Waals surface area contributed by atoms with Crippen LogP contribution < -0.4 is 10.1 Å². The number of hydrogen-bond acceptors (Lipinski definition) is 3. The highest BCUT2D eigenvalue weighted by Crippen LogP contribution is 2.28. The molecule has 0 aliphatic rings. The Bertz CT molecular complexity index is 910. The smallest absolute Gasteiger partial charge is 0.261 e. The zero-order valence-corrected chi connectivity index (χ0v) is 20.9. The molecule has 2 amide bonds. The van der Waals surface area contributed by atoms with E-state index in [4.69, 9.17) is 27.9 Å². The van der Waals surface area contributed by atoms with Crippen molar-refractivity contribution in [1.82, 2.24) is 10.2 Å². The summed E-state index contributed by atoms with van der Waals surface area (Å²) in [5.41, 5.74) is 0.758. The number of halogens is 3.